The molecule has 1 aliphatic heterocycles. The van der Waals surface area contributed by atoms with Gasteiger partial charge in [-0.15, -0.1) is 0 Å². The van der Waals surface area contributed by atoms with Crippen LogP contribution < -0.4 is 0 Å². The number of Topliss-reactive ketones (excluding diaryl/α,β-unsaturated/α-hetero) is 1. The van der Waals surface area contributed by atoms with Crippen LogP contribution in [0.4, 0.5) is 0 Å². The third-order valence-electron chi connectivity index (χ3n) is 5.36. The molecule has 4 aliphatic rings. The minimum absolute atomic E-state index is 0.0882. The zero-order chi connectivity index (χ0) is 15.7. The van der Waals surface area contributed by atoms with E-state index in [1.165, 1.54) is 0 Å². The number of esters is 2. The fourth-order valence-corrected chi connectivity index (χ4v) is 4.50. The molecule has 0 spiro atoms. The van der Waals surface area contributed by atoms with Crippen molar-refractivity contribution >= 4 is 17.7 Å². The van der Waals surface area contributed by atoms with E-state index in [4.69, 9.17) is 4.74 Å². The van der Waals surface area contributed by atoms with Gasteiger partial charge in [-0.05, 0) is 16.7 Å². The highest BCUT2D eigenvalue weighted by atomic mass is 16.6. The predicted molar refractivity (Wildman–Crippen MR) is 79.9 cm³/mol. The molecule has 23 heavy (non-hydrogen) atoms. The van der Waals surface area contributed by atoms with Crippen molar-refractivity contribution in [3.8, 4) is 0 Å². The maximum absolute atomic E-state index is 13.1. The average molecular weight is 304 g/mol. The van der Waals surface area contributed by atoms with Crippen LogP contribution in [0.1, 0.15) is 38.9 Å². The van der Waals surface area contributed by atoms with Crippen molar-refractivity contribution in [1.29, 1.82) is 0 Å². The molecule has 0 amide bonds. The lowest BCUT2D eigenvalue weighted by Gasteiger charge is -2.33. The van der Waals surface area contributed by atoms with Crippen LogP contribution in [-0.4, -0.2) is 17.7 Å². The summed E-state index contributed by atoms with van der Waals surface area (Å²) < 4.78 is 4.91. The summed E-state index contributed by atoms with van der Waals surface area (Å²) in [5.74, 6) is -3.39. The molecule has 2 bridgehead atoms. The summed E-state index contributed by atoms with van der Waals surface area (Å²) in [6.45, 7) is 0. The molecule has 6 rings (SSSR count). The molecule has 4 unspecified atom stereocenters. The van der Waals surface area contributed by atoms with Crippen molar-refractivity contribution in [2.24, 2.45) is 11.8 Å². The summed E-state index contributed by atoms with van der Waals surface area (Å²) in [5, 5.41) is 0. The molecule has 112 valence electrons. The Kier molecular flexibility index (Phi) is 2.31. The predicted octanol–water partition coefficient (Wildman–Crippen LogP) is 2.43. The molecule has 1 fully saturated rings. The first-order valence-electron chi connectivity index (χ1n) is 7.66. The summed E-state index contributed by atoms with van der Waals surface area (Å²) in [5.41, 5.74) is 3.26. The first-order valence-corrected chi connectivity index (χ1v) is 7.66. The summed E-state index contributed by atoms with van der Waals surface area (Å²) in [7, 11) is 0. The van der Waals surface area contributed by atoms with Crippen LogP contribution in [0.3, 0.4) is 0 Å². The van der Waals surface area contributed by atoms with Gasteiger partial charge in [0, 0.05) is 11.5 Å². The van der Waals surface area contributed by atoms with Gasteiger partial charge in [0.25, 0.3) is 0 Å². The fraction of sp³-hybridized carbons (Fsp3) is 0.211. The largest absolute Gasteiger partial charge is 0.393 e. The second-order valence-electron chi connectivity index (χ2n) is 6.33. The van der Waals surface area contributed by atoms with Crippen molar-refractivity contribution in [3.63, 3.8) is 0 Å². The van der Waals surface area contributed by atoms with E-state index in [1.807, 2.05) is 42.5 Å². The van der Waals surface area contributed by atoms with Crippen molar-refractivity contribution < 1.29 is 19.1 Å². The number of rotatable bonds is 0. The number of carbonyl (C=O) groups excluding carboxylic acids is 3. The second kappa shape index (κ2) is 4.16. The fourth-order valence-electron chi connectivity index (χ4n) is 4.50. The maximum Gasteiger partial charge on any atom is 0.318 e. The summed E-state index contributed by atoms with van der Waals surface area (Å²) >= 11 is 0. The molecule has 4 atom stereocenters. The van der Waals surface area contributed by atoms with Crippen molar-refractivity contribution in [2.45, 2.75) is 11.8 Å². The molecule has 2 aromatic carbocycles. The maximum atomic E-state index is 13.1. The van der Waals surface area contributed by atoms with E-state index in [-0.39, 0.29) is 11.7 Å². The Morgan fingerprint density at radius 2 is 1.17 bits per heavy atom. The van der Waals surface area contributed by atoms with E-state index in [1.54, 1.807) is 6.07 Å². The first-order chi connectivity index (χ1) is 11.2. The van der Waals surface area contributed by atoms with E-state index >= 15 is 0 Å². The zero-order valence-electron chi connectivity index (χ0n) is 12.1. The summed E-state index contributed by atoms with van der Waals surface area (Å²) in [6, 6.07) is 15.0. The highest BCUT2D eigenvalue weighted by Gasteiger charge is 2.60. The van der Waals surface area contributed by atoms with E-state index in [0.29, 0.717) is 5.56 Å². The quantitative estimate of drug-likeness (QED) is 0.554. The van der Waals surface area contributed by atoms with Crippen LogP contribution in [0.15, 0.2) is 48.5 Å². The van der Waals surface area contributed by atoms with Crippen LogP contribution in [-0.2, 0) is 14.3 Å². The summed E-state index contributed by atoms with van der Waals surface area (Å²) in [6.07, 6.45) is 0. The van der Waals surface area contributed by atoms with Gasteiger partial charge in [0.15, 0.2) is 5.78 Å². The highest BCUT2D eigenvalue weighted by Crippen LogP contribution is 2.56. The average Bonchev–Trinajstić information content (AvgIpc) is 2.75. The lowest BCUT2D eigenvalue weighted by Crippen LogP contribution is -2.35. The van der Waals surface area contributed by atoms with Gasteiger partial charge in [-0.1, -0.05) is 48.5 Å². The Balaban J connectivity index is 1.91. The van der Waals surface area contributed by atoms with Gasteiger partial charge in [-0.25, -0.2) is 0 Å². The van der Waals surface area contributed by atoms with Crippen LogP contribution in [0.25, 0.3) is 0 Å². The van der Waals surface area contributed by atoms with E-state index in [9.17, 15) is 14.4 Å². The lowest BCUT2D eigenvalue weighted by molar-refractivity contribution is -0.153. The van der Waals surface area contributed by atoms with E-state index < -0.39 is 29.7 Å². The van der Waals surface area contributed by atoms with E-state index in [0.717, 1.165) is 16.7 Å². The standard InChI is InChI=1S/C19H12O4/c20-17-12-8-4-3-7-11(12)13-9-5-1-2-6-10(9)14(17)16-15(13)18(21)23-19(16)22/h1-8,13-16H. The van der Waals surface area contributed by atoms with Crippen LogP contribution >= 0.6 is 0 Å². The number of hydrogen-bond acceptors (Lipinski definition) is 4. The Morgan fingerprint density at radius 3 is 1.87 bits per heavy atom. The van der Waals surface area contributed by atoms with Gasteiger partial charge in [0.2, 0.25) is 0 Å². The molecule has 4 heteroatoms. The molecule has 1 saturated heterocycles. The topological polar surface area (TPSA) is 60.4 Å². The van der Waals surface area contributed by atoms with Crippen LogP contribution in [0, 0.1) is 11.8 Å². The molecule has 0 N–H and O–H groups in total. The molecule has 0 aromatic heterocycles. The Hall–Kier alpha value is -2.75. The molecule has 0 radical (unpaired) electrons. The minimum atomic E-state index is -0.706. The zero-order valence-corrected chi connectivity index (χ0v) is 12.1. The Labute approximate surface area is 132 Å². The third kappa shape index (κ3) is 1.43. The number of ketones is 1. The summed E-state index contributed by atoms with van der Waals surface area (Å²) in [4.78, 5) is 37.7. The monoisotopic (exact) mass is 304 g/mol. The molecule has 3 aliphatic carbocycles. The molecular weight excluding hydrogens is 292 g/mol. The number of benzene rings is 2. The van der Waals surface area contributed by atoms with Gasteiger partial charge in [0.1, 0.15) is 0 Å². The van der Waals surface area contributed by atoms with Crippen molar-refractivity contribution in [2.75, 3.05) is 0 Å². The Morgan fingerprint density at radius 1 is 0.652 bits per heavy atom. The number of carbonyl (C=O) groups is 3. The molecule has 4 nitrogen and oxygen atoms in total. The van der Waals surface area contributed by atoms with Gasteiger partial charge in [-0.3, -0.25) is 14.4 Å². The molecule has 2 aromatic rings. The number of hydrogen-bond donors (Lipinski definition) is 0. The second-order valence-corrected chi connectivity index (χ2v) is 6.33. The molecule has 0 saturated carbocycles. The van der Waals surface area contributed by atoms with Gasteiger partial charge < -0.3 is 4.74 Å². The normalized spacial score (nSPS) is 30.3. The van der Waals surface area contributed by atoms with Crippen molar-refractivity contribution in [1.82, 2.24) is 0 Å². The number of ether oxygens (including phenoxy) is 1. The van der Waals surface area contributed by atoms with Gasteiger partial charge in [-0.2, -0.15) is 0 Å². The third-order valence-corrected chi connectivity index (χ3v) is 5.36. The van der Waals surface area contributed by atoms with Crippen LogP contribution in [0.5, 0.6) is 0 Å². The smallest absolute Gasteiger partial charge is 0.318 e. The molecule has 1 heterocycles. The van der Waals surface area contributed by atoms with Gasteiger partial charge >= 0.3 is 11.9 Å². The molecular formula is C19H12O4. The minimum Gasteiger partial charge on any atom is -0.393 e. The number of cyclic esters (lactones) is 2. The SMILES string of the molecule is O=C1c2ccccc2C2c3ccccc3C1C1C(=O)OC(=O)C21. The van der Waals surface area contributed by atoms with E-state index in [2.05, 4.69) is 0 Å². The highest BCUT2D eigenvalue weighted by molar-refractivity contribution is 6.10. The lowest BCUT2D eigenvalue weighted by atomic mass is 9.65. The van der Waals surface area contributed by atoms with Crippen molar-refractivity contribution in [3.05, 3.63) is 70.8 Å². The first kappa shape index (κ1) is 12.8. The Bertz CT molecular complexity index is 898. The van der Waals surface area contributed by atoms with Crippen LogP contribution in [0.2, 0.25) is 0 Å². The van der Waals surface area contributed by atoms with Gasteiger partial charge in [0.05, 0.1) is 17.8 Å².